The average molecular weight is 514 g/mol. The lowest BCUT2D eigenvalue weighted by Crippen LogP contribution is -2.21. The van der Waals surface area contributed by atoms with E-state index < -0.39 is 42.2 Å². The number of alkyl halides is 6. The van der Waals surface area contributed by atoms with Crippen LogP contribution < -0.4 is 0 Å². The van der Waals surface area contributed by atoms with Crippen LogP contribution in [0.5, 0.6) is 0 Å². The van der Waals surface area contributed by atoms with Crippen LogP contribution in [0.2, 0.25) is 10.2 Å². The Morgan fingerprint density at radius 3 is 2.03 bits per heavy atom. The van der Waals surface area contributed by atoms with Gasteiger partial charge in [-0.15, -0.1) is 5.10 Å². The van der Waals surface area contributed by atoms with Crippen molar-refractivity contribution in [3.05, 3.63) is 80.6 Å². The summed E-state index contributed by atoms with van der Waals surface area (Å²) < 4.78 is 79.2. The zero-order valence-corrected chi connectivity index (χ0v) is 17.9. The van der Waals surface area contributed by atoms with Crippen LogP contribution in [-0.2, 0) is 25.3 Å². The Balaban J connectivity index is 1.86. The molecule has 0 radical (unpaired) electrons. The highest BCUT2D eigenvalue weighted by atomic mass is 35.5. The van der Waals surface area contributed by atoms with Crippen molar-refractivity contribution in [2.45, 2.75) is 37.5 Å². The van der Waals surface area contributed by atoms with Gasteiger partial charge in [0.2, 0.25) is 0 Å². The minimum absolute atomic E-state index is 0.00665. The van der Waals surface area contributed by atoms with Gasteiger partial charge in [0, 0.05) is 11.4 Å². The van der Waals surface area contributed by atoms with E-state index in [1.165, 1.54) is 0 Å². The maximum atomic E-state index is 13.1. The first-order chi connectivity index (χ1) is 15.3. The van der Waals surface area contributed by atoms with Crippen LogP contribution in [0.25, 0.3) is 0 Å². The van der Waals surface area contributed by atoms with Crippen molar-refractivity contribution in [1.29, 1.82) is 0 Å². The molecule has 0 aliphatic heterocycles. The molecule has 5 nitrogen and oxygen atoms in total. The maximum absolute atomic E-state index is 13.1. The largest absolute Gasteiger partial charge is 0.416 e. The Morgan fingerprint density at radius 2 is 1.48 bits per heavy atom. The fourth-order valence-corrected chi connectivity index (χ4v) is 3.52. The number of nitrogens with zero attached hydrogens (tertiary/aromatic N) is 3. The quantitative estimate of drug-likeness (QED) is 0.438. The van der Waals surface area contributed by atoms with Crippen LogP contribution in [0.3, 0.4) is 0 Å². The standard InChI is InChI=1S/C20H15Cl2F6N3O2/c21-14-4-2-1-3-11(14)7-15(32)17(33)16-18(22)31(30-29-16)9-10-5-12(19(23,24)25)8-13(6-10)20(26,27)28/h1-6,8,15,17,32-33H,7,9H2. The monoisotopic (exact) mass is 513 g/mol. The van der Waals surface area contributed by atoms with E-state index in [0.29, 0.717) is 22.7 Å². The average Bonchev–Trinajstić information content (AvgIpc) is 3.07. The SMILES string of the molecule is OC(Cc1ccccc1Cl)C(O)c1nnn(Cc2cc(C(F)(F)F)cc(C(F)(F)F)c2)c1Cl. The Hall–Kier alpha value is -2.34. The van der Waals surface area contributed by atoms with Gasteiger partial charge < -0.3 is 10.2 Å². The Morgan fingerprint density at radius 1 is 0.909 bits per heavy atom. The van der Waals surface area contributed by atoms with Crippen molar-refractivity contribution in [3.63, 3.8) is 0 Å². The molecule has 0 spiro atoms. The first kappa shape index (κ1) is 25.3. The van der Waals surface area contributed by atoms with Crippen molar-refractivity contribution in [1.82, 2.24) is 15.0 Å². The molecule has 13 heteroatoms. The molecule has 33 heavy (non-hydrogen) atoms. The number of halogens is 8. The van der Waals surface area contributed by atoms with Gasteiger partial charge in [0.1, 0.15) is 11.8 Å². The Bertz CT molecular complexity index is 1100. The molecule has 0 saturated carbocycles. The van der Waals surface area contributed by atoms with Gasteiger partial charge in [0.15, 0.2) is 5.15 Å². The summed E-state index contributed by atoms with van der Waals surface area (Å²) in [6.07, 6.45) is -13.2. The van der Waals surface area contributed by atoms with Gasteiger partial charge >= 0.3 is 12.4 Å². The molecule has 0 saturated heterocycles. The number of hydrogen-bond acceptors (Lipinski definition) is 4. The second kappa shape index (κ2) is 9.49. The fraction of sp³-hybridized carbons (Fsp3) is 0.300. The summed E-state index contributed by atoms with van der Waals surface area (Å²) in [5.74, 6) is 0. The summed E-state index contributed by atoms with van der Waals surface area (Å²) in [4.78, 5) is 0. The highest BCUT2D eigenvalue weighted by Crippen LogP contribution is 2.37. The lowest BCUT2D eigenvalue weighted by molar-refractivity contribution is -0.143. The number of aromatic nitrogens is 3. The third-order valence-corrected chi connectivity index (χ3v) is 5.47. The van der Waals surface area contributed by atoms with Crippen molar-refractivity contribution in [2.24, 2.45) is 0 Å². The molecule has 0 amide bonds. The van der Waals surface area contributed by atoms with Gasteiger partial charge in [-0.2, -0.15) is 26.3 Å². The van der Waals surface area contributed by atoms with Gasteiger partial charge in [0.25, 0.3) is 0 Å². The molecule has 0 bridgehead atoms. The Labute approximate surface area is 193 Å². The second-order valence-electron chi connectivity index (χ2n) is 7.14. The smallest absolute Gasteiger partial charge is 0.390 e. The van der Waals surface area contributed by atoms with Crippen molar-refractivity contribution in [3.8, 4) is 0 Å². The third kappa shape index (κ3) is 5.97. The van der Waals surface area contributed by atoms with Crippen molar-refractivity contribution < 1.29 is 36.6 Å². The summed E-state index contributed by atoms with van der Waals surface area (Å²) in [6.45, 7) is -0.591. The van der Waals surface area contributed by atoms with E-state index in [2.05, 4.69) is 10.3 Å². The molecule has 0 fully saturated rings. The van der Waals surface area contributed by atoms with Gasteiger partial charge in [-0.3, -0.25) is 0 Å². The van der Waals surface area contributed by atoms with E-state index >= 15 is 0 Å². The first-order valence-corrected chi connectivity index (χ1v) is 9.99. The van der Waals surface area contributed by atoms with Gasteiger partial charge in [0.05, 0.1) is 23.8 Å². The van der Waals surface area contributed by atoms with Crippen LogP contribution in [0.1, 0.15) is 34.1 Å². The summed E-state index contributed by atoms with van der Waals surface area (Å²) in [5.41, 5.74) is -3.13. The highest BCUT2D eigenvalue weighted by Gasteiger charge is 2.37. The number of benzene rings is 2. The van der Waals surface area contributed by atoms with E-state index in [-0.39, 0.29) is 28.9 Å². The molecule has 3 aromatic rings. The summed E-state index contributed by atoms with van der Waals surface area (Å²) in [7, 11) is 0. The van der Waals surface area contributed by atoms with Crippen LogP contribution in [0.4, 0.5) is 26.3 Å². The first-order valence-electron chi connectivity index (χ1n) is 9.24. The highest BCUT2D eigenvalue weighted by molar-refractivity contribution is 6.31. The molecule has 3 rings (SSSR count). The number of aliphatic hydroxyl groups excluding tert-OH is 2. The summed E-state index contributed by atoms with van der Waals surface area (Å²) in [5, 5.41) is 28.0. The molecule has 2 N–H and O–H groups in total. The normalized spacial score (nSPS) is 14.4. The predicted molar refractivity (Wildman–Crippen MR) is 107 cm³/mol. The molecule has 178 valence electrons. The molecule has 2 aromatic carbocycles. The summed E-state index contributed by atoms with van der Waals surface area (Å²) in [6, 6.07) is 7.65. The topological polar surface area (TPSA) is 71.2 Å². The number of hydrogen-bond donors (Lipinski definition) is 2. The summed E-state index contributed by atoms with van der Waals surface area (Å²) >= 11 is 12.1. The van der Waals surface area contributed by atoms with E-state index in [0.717, 1.165) is 4.68 Å². The molecular formula is C20H15Cl2F6N3O2. The van der Waals surface area contributed by atoms with Crippen LogP contribution in [0, 0.1) is 0 Å². The van der Waals surface area contributed by atoms with E-state index in [1.807, 2.05) is 0 Å². The molecule has 0 aliphatic rings. The van der Waals surface area contributed by atoms with Crippen LogP contribution >= 0.6 is 23.2 Å². The molecule has 2 atom stereocenters. The number of rotatable bonds is 6. The van der Waals surface area contributed by atoms with Gasteiger partial charge in [-0.05, 0) is 35.4 Å². The van der Waals surface area contributed by atoms with Gasteiger partial charge in [-0.1, -0.05) is 46.6 Å². The lowest BCUT2D eigenvalue weighted by Gasteiger charge is -2.17. The number of aliphatic hydroxyl groups is 2. The molecule has 2 unspecified atom stereocenters. The van der Waals surface area contributed by atoms with Gasteiger partial charge in [-0.25, -0.2) is 4.68 Å². The molecule has 1 aromatic heterocycles. The van der Waals surface area contributed by atoms with Crippen LogP contribution in [0.15, 0.2) is 42.5 Å². The molecular weight excluding hydrogens is 499 g/mol. The van der Waals surface area contributed by atoms with Crippen molar-refractivity contribution in [2.75, 3.05) is 0 Å². The van der Waals surface area contributed by atoms with E-state index in [4.69, 9.17) is 23.2 Å². The fourth-order valence-electron chi connectivity index (χ4n) is 3.06. The third-order valence-electron chi connectivity index (χ3n) is 4.71. The lowest BCUT2D eigenvalue weighted by atomic mass is 10.0. The zero-order valence-electron chi connectivity index (χ0n) is 16.4. The molecule has 0 aliphatic carbocycles. The van der Waals surface area contributed by atoms with E-state index in [9.17, 15) is 36.6 Å². The van der Waals surface area contributed by atoms with Crippen LogP contribution in [-0.4, -0.2) is 31.3 Å². The van der Waals surface area contributed by atoms with Crippen molar-refractivity contribution >= 4 is 23.2 Å². The Kier molecular flexibility index (Phi) is 7.27. The minimum Gasteiger partial charge on any atom is -0.390 e. The zero-order chi connectivity index (χ0) is 24.6. The maximum Gasteiger partial charge on any atom is 0.416 e. The molecule has 1 heterocycles. The second-order valence-corrected chi connectivity index (χ2v) is 7.91. The minimum atomic E-state index is -5.01. The van der Waals surface area contributed by atoms with E-state index in [1.54, 1.807) is 24.3 Å². The predicted octanol–water partition coefficient (Wildman–Crippen LogP) is 5.31.